The van der Waals surface area contributed by atoms with Gasteiger partial charge in [-0.2, -0.15) is 4.31 Å². The van der Waals surface area contributed by atoms with Crippen molar-refractivity contribution in [2.75, 3.05) is 13.1 Å². The van der Waals surface area contributed by atoms with Crippen LogP contribution >= 0.6 is 39.1 Å². The molecule has 2 aliphatic heterocycles. The van der Waals surface area contributed by atoms with Gasteiger partial charge in [0.2, 0.25) is 21.8 Å². The molecule has 224 valence electrons. The Kier molecular flexibility index (Phi) is 8.24. The summed E-state index contributed by atoms with van der Waals surface area (Å²) in [6, 6.07) is 12.3. The van der Waals surface area contributed by atoms with E-state index in [0.717, 1.165) is 22.9 Å². The van der Waals surface area contributed by atoms with E-state index in [1.807, 2.05) is 24.3 Å². The Bertz CT molecular complexity index is 1690. The summed E-state index contributed by atoms with van der Waals surface area (Å²) in [5, 5.41) is 2.87. The monoisotopic (exact) mass is 705 g/mol. The van der Waals surface area contributed by atoms with Gasteiger partial charge in [-0.05, 0) is 60.9 Å². The first-order valence-corrected chi connectivity index (χ1v) is 16.6. The van der Waals surface area contributed by atoms with Gasteiger partial charge in [0.05, 0.1) is 17.1 Å². The fourth-order valence-electron chi connectivity index (χ4n) is 5.62. The highest BCUT2D eigenvalue weighted by Gasteiger charge is 2.55. The summed E-state index contributed by atoms with van der Waals surface area (Å²) in [6.07, 6.45) is 3.61. The quantitative estimate of drug-likeness (QED) is 0.400. The van der Waals surface area contributed by atoms with Crippen LogP contribution in [0.1, 0.15) is 28.8 Å². The van der Waals surface area contributed by atoms with Gasteiger partial charge in [-0.1, -0.05) is 51.3 Å². The lowest BCUT2D eigenvalue weighted by atomic mass is 9.97. The SMILES string of the molecule is O=C(NC1CN(S(=O)(=O)c2ccc(Cl)cc2Cl)C2CN(C3CC3)C(=O)C(Cc3ccc(Br)cc3)N2C1=O)c1cccnc1. The fourth-order valence-corrected chi connectivity index (χ4v) is 8.22. The van der Waals surface area contributed by atoms with Gasteiger partial charge in [0, 0.05) is 40.9 Å². The molecular formula is C29H26BrCl2N5O5S. The first-order chi connectivity index (χ1) is 20.5. The molecule has 2 aromatic carbocycles. The second-order valence-electron chi connectivity index (χ2n) is 10.7. The van der Waals surface area contributed by atoms with Crippen LogP contribution in [0, 0.1) is 0 Å². The molecule has 3 unspecified atom stereocenters. The number of carbonyl (C=O) groups excluding carboxylic acids is 3. The van der Waals surface area contributed by atoms with Gasteiger partial charge in [0.1, 0.15) is 23.1 Å². The average Bonchev–Trinajstić information content (AvgIpc) is 3.82. The van der Waals surface area contributed by atoms with Crippen molar-refractivity contribution in [1.82, 2.24) is 24.4 Å². The van der Waals surface area contributed by atoms with Crippen LogP contribution in [0.3, 0.4) is 0 Å². The number of sulfonamides is 1. The molecule has 3 heterocycles. The lowest BCUT2D eigenvalue weighted by Crippen LogP contribution is -2.76. The van der Waals surface area contributed by atoms with E-state index in [4.69, 9.17) is 23.2 Å². The number of aromatic nitrogens is 1. The zero-order valence-electron chi connectivity index (χ0n) is 22.6. The number of rotatable bonds is 7. The van der Waals surface area contributed by atoms with Crippen LogP contribution in [0.5, 0.6) is 0 Å². The number of nitrogens with one attached hydrogen (secondary N) is 1. The topological polar surface area (TPSA) is 120 Å². The van der Waals surface area contributed by atoms with Gasteiger partial charge in [0.15, 0.2) is 0 Å². The highest BCUT2D eigenvalue weighted by Crippen LogP contribution is 2.38. The number of amides is 3. The first kappa shape index (κ1) is 30.0. The molecule has 1 saturated carbocycles. The number of nitrogens with zero attached hydrogens (tertiary/aromatic N) is 4. The van der Waals surface area contributed by atoms with E-state index in [-0.39, 0.29) is 52.0 Å². The molecule has 1 N–H and O–H groups in total. The number of benzene rings is 2. The van der Waals surface area contributed by atoms with Crippen LogP contribution in [0.2, 0.25) is 10.0 Å². The number of fused-ring (bicyclic) bond motifs is 1. The summed E-state index contributed by atoms with van der Waals surface area (Å²) >= 11 is 15.9. The van der Waals surface area contributed by atoms with E-state index < -0.39 is 40.1 Å². The Morgan fingerprint density at radius 2 is 1.77 bits per heavy atom. The van der Waals surface area contributed by atoms with Crippen LogP contribution in [0.15, 0.2) is 76.4 Å². The number of hydrogen-bond acceptors (Lipinski definition) is 6. The minimum Gasteiger partial charge on any atom is -0.339 e. The average molecular weight is 707 g/mol. The van der Waals surface area contributed by atoms with Crippen molar-refractivity contribution in [1.29, 1.82) is 0 Å². The Labute approximate surface area is 267 Å². The molecule has 1 aliphatic carbocycles. The van der Waals surface area contributed by atoms with Crippen molar-refractivity contribution in [3.63, 3.8) is 0 Å². The van der Waals surface area contributed by atoms with Crippen molar-refractivity contribution in [3.8, 4) is 0 Å². The molecule has 14 heteroatoms. The smallest absolute Gasteiger partial charge is 0.253 e. The summed E-state index contributed by atoms with van der Waals surface area (Å²) < 4.78 is 30.6. The molecule has 0 spiro atoms. The zero-order valence-corrected chi connectivity index (χ0v) is 26.5. The lowest BCUT2D eigenvalue weighted by Gasteiger charge is -2.53. The molecule has 1 aromatic heterocycles. The predicted octanol–water partition coefficient (Wildman–Crippen LogP) is 3.72. The van der Waals surface area contributed by atoms with Gasteiger partial charge in [-0.3, -0.25) is 19.4 Å². The lowest BCUT2D eigenvalue weighted by molar-refractivity contribution is -0.167. The molecule has 3 aromatic rings. The van der Waals surface area contributed by atoms with Gasteiger partial charge in [-0.15, -0.1) is 0 Å². The number of piperazine rings is 1. The van der Waals surface area contributed by atoms with Gasteiger partial charge in [0.25, 0.3) is 5.91 Å². The van der Waals surface area contributed by atoms with Crippen LogP contribution in [0.4, 0.5) is 0 Å². The van der Waals surface area contributed by atoms with Crippen molar-refractivity contribution in [3.05, 3.63) is 92.6 Å². The standard InChI is InChI=1S/C29H26BrCl2N5O5S/c30-19-5-3-17(4-6-19)12-24-29(40)35(21-8-9-21)16-26-36(43(41,42)25-10-7-20(31)13-22(25)32)15-23(28(39)37(24)26)34-27(38)18-2-1-11-33-14-18/h1-7,10-11,13-14,21,23-24,26H,8-9,12,15-16H2,(H,34,38). The summed E-state index contributed by atoms with van der Waals surface area (Å²) in [5.74, 6) is -1.39. The van der Waals surface area contributed by atoms with E-state index in [2.05, 4.69) is 26.2 Å². The normalized spacial score (nSPS) is 22.8. The molecule has 0 bridgehead atoms. The van der Waals surface area contributed by atoms with E-state index in [1.165, 1.54) is 45.9 Å². The van der Waals surface area contributed by atoms with Crippen molar-refractivity contribution < 1.29 is 22.8 Å². The summed E-state index contributed by atoms with van der Waals surface area (Å²) in [5.41, 5.74) is 0.996. The summed E-state index contributed by atoms with van der Waals surface area (Å²) in [6.45, 7) is -0.356. The van der Waals surface area contributed by atoms with Crippen LogP contribution in [0.25, 0.3) is 0 Å². The number of carbonyl (C=O) groups is 3. The van der Waals surface area contributed by atoms with Gasteiger partial charge < -0.3 is 15.1 Å². The van der Waals surface area contributed by atoms with Gasteiger partial charge in [-0.25, -0.2) is 8.42 Å². The van der Waals surface area contributed by atoms with Crippen LogP contribution < -0.4 is 5.32 Å². The Hall–Kier alpha value is -3.03. The maximum absolute atomic E-state index is 14.3. The van der Waals surface area contributed by atoms with Crippen molar-refractivity contribution >= 4 is 66.9 Å². The Morgan fingerprint density at radius 1 is 1.02 bits per heavy atom. The molecule has 6 rings (SSSR count). The largest absolute Gasteiger partial charge is 0.339 e. The predicted molar refractivity (Wildman–Crippen MR) is 163 cm³/mol. The van der Waals surface area contributed by atoms with Crippen LogP contribution in [-0.2, 0) is 26.0 Å². The third-order valence-corrected chi connectivity index (χ3v) is 11.0. The van der Waals surface area contributed by atoms with Crippen molar-refractivity contribution in [2.45, 2.75) is 48.4 Å². The molecular weight excluding hydrogens is 681 g/mol. The molecule has 2 saturated heterocycles. The second-order valence-corrected chi connectivity index (χ2v) is 14.3. The molecule has 10 nitrogen and oxygen atoms in total. The Morgan fingerprint density at radius 3 is 2.42 bits per heavy atom. The highest BCUT2D eigenvalue weighted by atomic mass is 79.9. The van der Waals surface area contributed by atoms with E-state index in [1.54, 1.807) is 11.0 Å². The number of pyridine rings is 1. The van der Waals surface area contributed by atoms with Crippen molar-refractivity contribution in [2.24, 2.45) is 0 Å². The van der Waals surface area contributed by atoms with Crippen LogP contribution in [-0.4, -0.2) is 82.6 Å². The highest BCUT2D eigenvalue weighted by molar-refractivity contribution is 9.10. The first-order valence-electron chi connectivity index (χ1n) is 13.6. The molecule has 3 amide bonds. The molecule has 0 radical (unpaired) electrons. The maximum atomic E-state index is 14.3. The molecule has 3 fully saturated rings. The summed E-state index contributed by atoms with van der Waals surface area (Å²) in [4.78, 5) is 48.1. The third-order valence-electron chi connectivity index (χ3n) is 7.87. The minimum absolute atomic E-state index is 0.000210. The maximum Gasteiger partial charge on any atom is 0.253 e. The van der Waals surface area contributed by atoms with E-state index >= 15 is 0 Å². The molecule has 43 heavy (non-hydrogen) atoms. The van der Waals surface area contributed by atoms with E-state index in [0.29, 0.717) is 0 Å². The minimum atomic E-state index is -4.34. The molecule has 3 atom stereocenters. The summed E-state index contributed by atoms with van der Waals surface area (Å²) in [7, 11) is -4.34. The molecule has 3 aliphatic rings. The zero-order chi connectivity index (χ0) is 30.5. The Balaban J connectivity index is 1.43. The fraction of sp³-hybridized carbons (Fsp3) is 0.310. The second kappa shape index (κ2) is 11.8. The third kappa shape index (κ3) is 5.91. The van der Waals surface area contributed by atoms with Gasteiger partial charge >= 0.3 is 0 Å². The number of hydrogen-bond donors (Lipinski definition) is 1. The number of halogens is 3. The van der Waals surface area contributed by atoms with E-state index in [9.17, 15) is 22.8 Å².